The molecule has 3 N–H and O–H groups in total. The Bertz CT molecular complexity index is 1640. The molecule has 1 aliphatic heterocycles. The molecule has 1 heterocycles. The first kappa shape index (κ1) is 41.5. The van der Waals surface area contributed by atoms with Gasteiger partial charge in [-0.05, 0) is 185 Å². The molecule has 1 aromatic rings. The summed E-state index contributed by atoms with van der Waals surface area (Å²) in [6.07, 6.45) is 15.5. The Kier molecular flexibility index (Phi) is 11.0. The lowest BCUT2D eigenvalue weighted by Crippen LogP contribution is -2.65. The van der Waals surface area contributed by atoms with Crippen molar-refractivity contribution in [1.29, 1.82) is 0 Å². The predicted molar refractivity (Wildman–Crippen MR) is 230 cm³/mol. The van der Waals surface area contributed by atoms with Crippen molar-refractivity contribution in [2.75, 3.05) is 44.2 Å². The van der Waals surface area contributed by atoms with Gasteiger partial charge in [-0.2, -0.15) is 10.6 Å². The molecule has 7 rings (SSSR count). The monoisotopic (exact) mass is 777 g/mol. The maximum Gasteiger partial charge on any atom is 0.338 e. The summed E-state index contributed by atoms with van der Waals surface area (Å²) < 4.78 is 25.7. The second-order valence-corrected chi connectivity index (χ2v) is 24.2. The second kappa shape index (κ2) is 14.6. The van der Waals surface area contributed by atoms with Crippen LogP contribution in [-0.4, -0.2) is 69.8 Å². The van der Waals surface area contributed by atoms with Gasteiger partial charge in [-0.15, -0.1) is 0 Å². The predicted octanol–water partition coefficient (Wildman–Crippen LogP) is 11.3. The van der Waals surface area contributed by atoms with Gasteiger partial charge in [0.05, 0.1) is 17.1 Å². The number of hydrogen-bond donors (Lipinski definition) is 3. The highest BCUT2D eigenvalue weighted by Gasteiger charge is 2.70. The van der Waals surface area contributed by atoms with Gasteiger partial charge in [0.2, 0.25) is 0 Å². The van der Waals surface area contributed by atoms with Gasteiger partial charge in [0.1, 0.15) is 5.60 Å². The average molecular weight is 777 g/mol. The van der Waals surface area contributed by atoms with E-state index in [-0.39, 0.29) is 16.8 Å². The number of carbonyl (C=O) groups excluding carboxylic acids is 1. The van der Waals surface area contributed by atoms with E-state index in [0.29, 0.717) is 57.0 Å². The number of hydrogen-bond acceptors (Lipinski definition) is 6. The number of carbonyl (C=O) groups is 1. The van der Waals surface area contributed by atoms with Crippen molar-refractivity contribution in [2.24, 2.45) is 56.7 Å². The topological polar surface area (TPSA) is 82.0 Å². The average Bonchev–Trinajstić information content (AvgIpc) is 3.48. The minimum Gasteiger partial charge on any atom is -0.456 e. The van der Waals surface area contributed by atoms with E-state index in [0.717, 1.165) is 51.5 Å². The third kappa shape index (κ3) is 7.25. The molecule has 6 aliphatic rings. The molecule has 7 heteroatoms. The molecule has 0 aromatic heterocycles. The first-order chi connectivity index (χ1) is 25.7. The first-order valence-corrected chi connectivity index (χ1v) is 23.9. The fourth-order valence-electron chi connectivity index (χ4n) is 14.6. The van der Waals surface area contributed by atoms with Gasteiger partial charge in [-0.25, -0.2) is 4.79 Å². The third-order valence-electron chi connectivity index (χ3n) is 17.4. The molecule has 0 amide bonds. The molecule has 5 aliphatic carbocycles. The number of nitrogens with one attached hydrogen (secondary N) is 1. The van der Waals surface area contributed by atoms with Gasteiger partial charge in [-0.3, -0.25) is 9.11 Å². The fraction of sp³-hybridized carbons (Fsp3) is 0.771. The molecular weight excluding hydrogens is 701 g/mol. The molecule has 308 valence electrons. The summed E-state index contributed by atoms with van der Waals surface area (Å²) in [4.78, 5) is 15.2. The van der Waals surface area contributed by atoms with Crippen molar-refractivity contribution >= 4 is 22.1 Å². The summed E-state index contributed by atoms with van der Waals surface area (Å²) in [5, 5.41) is 4.01. The Morgan fingerprint density at radius 2 is 1.62 bits per heavy atom. The van der Waals surface area contributed by atoms with Gasteiger partial charge in [-0.1, -0.05) is 65.0 Å². The minimum absolute atomic E-state index is 0.0424. The highest BCUT2D eigenvalue weighted by atomic mass is 32.3. The summed E-state index contributed by atoms with van der Waals surface area (Å²) in [6, 6.07) is 8.24. The number of allylic oxidation sites excluding steroid dienone is 3. The smallest absolute Gasteiger partial charge is 0.338 e. The molecular formula is C48H76N2O4S. The van der Waals surface area contributed by atoms with Crippen LogP contribution in [0.5, 0.6) is 0 Å². The minimum atomic E-state index is -2.33. The van der Waals surface area contributed by atoms with E-state index < -0.39 is 16.2 Å². The number of ether oxygens (including phenoxy) is 1. The van der Waals surface area contributed by atoms with Crippen LogP contribution in [0.2, 0.25) is 0 Å². The van der Waals surface area contributed by atoms with E-state index in [9.17, 15) is 13.9 Å². The Morgan fingerprint density at radius 1 is 0.927 bits per heavy atom. The zero-order valence-electron chi connectivity index (χ0n) is 36.1. The highest BCUT2D eigenvalue weighted by molar-refractivity contribution is 8.24. The Labute approximate surface area is 336 Å². The van der Waals surface area contributed by atoms with Crippen molar-refractivity contribution in [3.05, 3.63) is 53.6 Å². The lowest BCUT2D eigenvalue weighted by Gasteiger charge is -2.72. The molecule has 0 bridgehead atoms. The van der Waals surface area contributed by atoms with Crippen molar-refractivity contribution in [3.63, 3.8) is 0 Å². The van der Waals surface area contributed by atoms with E-state index in [1.54, 1.807) is 0 Å². The molecule has 0 unspecified atom stereocenters. The standard InChI is InChI=1S/C48H76N2O4S/c1-33(2)36-18-23-48(32-49-26-11-27-50-28-30-55(52,53)31-29-50)25-24-46(9)38(41(36)48)16-17-40-45(8)21-19-37(44(6,7)39(45)20-22-47(40,46)10)34-12-14-35(15-13-34)42(51)54-43(3,4)5/h12-15,19,36,38-41,49,52-53H,1,11,16-18,20-32H2,2-10H3/t36-,38+,39-,40+,41+,45-,46+,47+,48+/m0/s1. The Hall–Kier alpha value is -1.64. The van der Waals surface area contributed by atoms with Gasteiger partial charge in [0.15, 0.2) is 0 Å². The molecule has 55 heavy (non-hydrogen) atoms. The summed E-state index contributed by atoms with van der Waals surface area (Å²) in [5.41, 5.74) is 5.55. The van der Waals surface area contributed by atoms with E-state index in [1.807, 2.05) is 32.9 Å². The van der Waals surface area contributed by atoms with Crippen LogP contribution >= 0.6 is 10.6 Å². The lowest BCUT2D eigenvalue weighted by molar-refractivity contribution is -0.225. The normalized spacial score (nSPS) is 40.1. The largest absolute Gasteiger partial charge is 0.456 e. The molecule has 1 aromatic carbocycles. The van der Waals surface area contributed by atoms with Gasteiger partial charge < -0.3 is 15.0 Å². The number of nitrogens with zero attached hydrogens (tertiary/aromatic N) is 1. The van der Waals surface area contributed by atoms with Crippen molar-refractivity contribution in [2.45, 2.75) is 132 Å². The first-order valence-electron chi connectivity index (χ1n) is 22.0. The summed E-state index contributed by atoms with van der Waals surface area (Å²) in [6.45, 7) is 30.8. The van der Waals surface area contributed by atoms with Crippen LogP contribution in [0.3, 0.4) is 0 Å². The van der Waals surface area contributed by atoms with Crippen LogP contribution < -0.4 is 5.32 Å². The quantitative estimate of drug-likeness (QED) is 0.132. The molecule has 5 fully saturated rings. The van der Waals surface area contributed by atoms with Gasteiger partial charge in [0.25, 0.3) is 0 Å². The van der Waals surface area contributed by atoms with Gasteiger partial charge >= 0.3 is 5.97 Å². The van der Waals surface area contributed by atoms with Crippen molar-refractivity contribution in [3.8, 4) is 0 Å². The van der Waals surface area contributed by atoms with E-state index in [2.05, 4.69) is 76.5 Å². The molecule has 6 nitrogen and oxygen atoms in total. The van der Waals surface area contributed by atoms with Gasteiger partial charge in [0, 0.05) is 19.6 Å². The van der Waals surface area contributed by atoms with Crippen LogP contribution in [0, 0.1) is 56.7 Å². The summed E-state index contributed by atoms with van der Waals surface area (Å²) in [5.74, 6) is 4.24. The maximum atomic E-state index is 12.8. The summed E-state index contributed by atoms with van der Waals surface area (Å²) in [7, 11) is -2.33. The molecule has 9 atom stereocenters. The molecule has 1 saturated heterocycles. The van der Waals surface area contributed by atoms with E-state index >= 15 is 0 Å². The SMILES string of the molecule is C=C(C)[C@@H]1CC[C@]2(CNCCCN3CCS(O)(O)CC3)CC[C@]3(C)[C@H](CC[C@@H]4[C@@]5(C)CC=C(c6ccc(C(=O)OC(C)(C)C)cc6)C(C)(C)[C@@H]5CC[C@]43C)[C@@H]12. The number of esters is 1. The zero-order chi connectivity index (χ0) is 39.8. The van der Waals surface area contributed by atoms with Crippen LogP contribution in [0.25, 0.3) is 5.57 Å². The lowest BCUT2D eigenvalue weighted by atomic mass is 9.32. The molecule has 4 saturated carbocycles. The Balaban J connectivity index is 1.08. The van der Waals surface area contributed by atoms with Crippen molar-refractivity contribution in [1.82, 2.24) is 10.2 Å². The summed E-state index contributed by atoms with van der Waals surface area (Å²) >= 11 is 0. The van der Waals surface area contributed by atoms with E-state index in [4.69, 9.17) is 4.74 Å². The maximum absolute atomic E-state index is 12.8. The number of rotatable bonds is 9. The third-order valence-corrected chi connectivity index (χ3v) is 19.1. The number of fused-ring (bicyclic) bond motifs is 7. The highest BCUT2D eigenvalue weighted by Crippen LogP contribution is 2.77. The van der Waals surface area contributed by atoms with Crippen LogP contribution in [0.15, 0.2) is 42.5 Å². The molecule has 0 radical (unpaired) electrons. The van der Waals surface area contributed by atoms with E-state index in [1.165, 1.54) is 68.1 Å². The van der Waals surface area contributed by atoms with Crippen molar-refractivity contribution < 1.29 is 18.6 Å². The van der Waals surface area contributed by atoms with Crippen LogP contribution in [0.1, 0.15) is 142 Å². The number of benzene rings is 1. The Morgan fingerprint density at radius 3 is 2.27 bits per heavy atom. The second-order valence-electron chi connectivity index (χ2n) is 21.8. The molecule has 0 spiro atoms. The fourth-order valence-corrected chi connectivity index (χ4v) is 15.9. The zero-order valence-corrected chi connectivity index (χ0v) is 36.9. The van der Waals surface area contributed by atoms with Crippen LogP contribution in [-0.2, 0) is 4.74 Å². The van der Waals surface area contributed by atoms with Crippen LogP contribution in [0.4, 0.5) is 0 Å².